The summed E-state index contributed by atoms with van der Waals surface area (Å²) in [6.07, 6.45) is 1.49. The Balaban J connectivity index is 1.89. The van der Waals surface area contributed by atoms with Gasteiger partial charge in [-0.25, -0.2) is 4.39 Å². The second-order valence-corrected chi connectivity index (χ2v) is 5.26. The highest BCUT2D eigenvalue weighted by molar-refractivity contribution is 5.97. The molecule has 2 rings (SSSR count). The molecule has 1 unspecified atom stereocenters. The minimum atomic E-state index is -0.452. The summed E-state index contributed by atoms with van der Waals surface area (Å²) in [5.41, 5.74) is 0.167. The molecule has 1 aliphatic rings. The Labute approximate surface area is 113 Å². The summed E-state index contributed by atoms with van der Waals surface area (Å²) in [6.45, 7) is 3.64. The molecule has 3 nitrogen and oxygen atoms in total. The van der Waals surface area contributed by atoms with Crippen molar-refractivity contribution in [3.8, 4) is 0 Å². The maximum atomic E-state index is 13.5. The normalized spacial score (nSPS) is 19.3. The van der Waals surface area contributed by atoms with Crippen molar-refractivity contribution in [2.75, 3.05) is 19.6 Å². The molecule has 1 fully saturated rings. The standard InChI is InChI=1S/C15H20FNO2/c1-11(18)12-6-8-17(9-7-12)10-15(19)13-4-2-3-5-14(13)16/h2-5,11-12,18H,6-10H2,1H3. The summed E-state index contributed by atoms with van der Waals surface area (Å²) in [6, 6.07) is 6.10. The van der Waals surface area contributed by atoms with Gasteiger partial charge >= 0.3 is 0 Å². The van der Waals surface area contributed by atoms with Crippen LogP contribution in [-0.4, -0.2) is 41.5 Å². The first-order valence-corrected chi connectivity index (χ1v) is 6.76. The zero-order chi connectivity index (χ0) is 13.8. The predicted molar refractivity (Wildman–Crippen MR) is 71.6 cm³/mol. The molecular formula is C15H20FNO2. The quantitative estimate of drug-likeness (QED) is 0.848. The minimum Gasteiger partial charge on any atom is -0.393 e. The summed E-state index contributed by atoms with van der Waals surface area (Å²) in [5, 5.41) is 9.52. The van der Waals surface area contributed by atoms with Crippen molar-refractivity contribution in [2.24, 2.45) is 5.92 Å². The van der Waals surface area contributed by atoms with Crippen LogP contribution in [0.1, 0.15) is 30.1 Å². The highest BCUT2D eigenvalue weighted by Gasteiger charge is 2.24. The third kappa shape index (κ3) is 3.61. The third-order valence-electron chi connectivity index (χ3n) is 3.86. The number of aliphatic hydroxyl groups is 1. The van der Waals surface area contributed by atoms with Crippen LogP contribution in [-0.2, 0) is 0 Å². The number of likely N-dealkylation sites (tertiary alicyclic amines) is 1. The number of halogens is 1. The lowest BCUT2D eigenvalue weighted by molar-refractivity contribution is 0.0663. The van der Waals surface area contributed by atoms with E-state index in [1.165, 1.54) is 12.1 Å². The molecule has 0 bridgehead atoms. The average molecular weight is 265 g/mol. The smallest absolute Gasteiger partial charge is 0.179 e. The Morgan fingerprint density at radius 3 is 2.63 bits per heavy atom. The van der Waals surface area contributed by atoms with E-state index in [1.807, 2.05) is 11.8 Å². The van der Waals surface area contributed by atoms with Crippen LogP contribution in [0.4, 0.5) is 4.39 Å². The van der Waals surface area contributed by atoms with E-state index < -0.39 is 5.82 Å². The molecule has 1 aromatic carbocycles. The number of piperidine rings is 1. The van der Waals surface area contributed by atoms with Crippen molar-refractivity contribution in [3.63, 3.8) is 0 Å². The van der Waals surface area contributed by atoms with Crippen molar-refractivity contribution in [1.29, 1.82) is 0 Å². The average Bonchev–Trinajstić information content (AvgIpc) is 2.39. The predicted octanol–water partition coefficient (Wildman–Crippen LogP) is 2.10. The Kier molecular flexibility index (Phi) is 4.66. The number of Topliss-reactive ketones (excluding diaryl/α,β-unsaturated/α-hetero) is 1. The number of rotatable bonds is 4. The van der Waals surface area contributed by atoms with Crippen LogP contribution in [0.15, 0.2) is 24.3 Å². The Bertz CT molecular complexity index is 440. The van der Waals surface area contributed by atoms with Crippen LogP contribution in [0, 0.1) is 11.7 Å². The van der Waals surface area contributed by atoms with Crippen molar-refractivity contribution >= 4 is 5.78 Å². The van der Waals surface area contributed by atoms with Gasteiger partial charge in [-0.2, -0.15) is 0 Å². The molecule has 1 saturated heterocycles. The van der Waals surface area contributed by atoms with E-state index in [0.717, 1.165) is 25.9 Å². The van der Waals surface area contributed by atoms with Gasteiger partial charge in [0.25, 0.3) is 0 Å². The Morgan fingerprint density at radius 2 is 2.05 bits per heavy atom. The highest BCUT2D eigenvalue weighted by atomic mass is 19.1. The van der Waals surface area contributed by atoms with Gasteiger partial charge in [-0.1, -0.05) is 12.1 Å². The molecule has 1 heterocycles. The number of hydrogen-bond acceptors (Lipinski definition) is 3. The van der Waals surface area contributed by atoms with E-state index in [4.69, 9.17) is 0 Å². The van der Waals surface area contributed by atoms with Gasteiger partial charge in [0, 0.05) is 0 Å². The molecule has 0 saturated carbocycles. The van der Waals surface area contributed by atoms with E-state index in [9.17, 15) is 14.3 Å². The highest BCUT2D eigenvalue weighted by Crippen LogP contribution is 2.20. The van der Waals surface area contributed by atoms with E-state index in [-0.39, 0.29) is 24.0 Å². The van der Waals surface area contributed by atoms with E-state index in [1.54, 1.807) is 12.1 Å². The molecule has 1 N–H and O–H groups in total. The molecular weight excluding hydrogens is 245 g/mol. The van der Waals surface area contributed by atoms with Gasteiger partial charge in [-0.3, -0.25) is 9.69 Å². The monoisotopic (exact) mass is 265 g/mol. The molecule has 104 valence electrons. The number of hydrogen-bond donors (Lipinski definition) is 1. The SMILES string of the molecule is CC(O)C1CCN(CC(=O)c2ccccc2F)CC1. The minimum absolute atomic E-state index is 0.167. The van der Waals surface area contributed by atoms with Gasteiger partial charge in [0.05, 0.1) is 18.2 Å². The summed E-state index contributed by atoms with van der Waals surface area (Å²) >= 11 is 0. The molecule has 0 amide bonds. The van der Waals surface area contributed by atoms with Crippen molar-refractivity contribution in [1.82, 2.24) is 4.90 Å². The molecule has 0 aliphatic carbocycles. The summed E-state index contributed by atoms with van der Waals surface area (Å²) in [5.74, 6) is -0.306. The molecule has 0 spiro atoms. The summed E-state index contributed by atoms with van der Waals surface area (Å²) in [4.78, 5) is 14.1. The van der Waals surface area contributed by atoms with Crippen LogP contribution >= 0.6 is 0 Å². The lowest BCUT2D eigenvalue weighted by Crippen LogP contribution is -2.39. The molecule has 1 aromatic rings. The third-order valence-corrected chi connectivity index (χ3v) is 3.86. The second-order valence-electron chi connectivity index (χ2n) is 5.26. The number of ketones is 1. The van der Waals surface area contributed by atoms with Gasteiger partial charge in [0.2, 0.25) is 0 Å². The number of aliphatic hydroxyl groups excluding tert-OH is 1. The van der Waals surface area contributed by atoms with Gasteiger partial charge in [-0.15, -0.1) is 0 Å². The van der Waals surface area contributed by atoms with Crippen molar-refractivity contribution < 1.29 is 14.3 Å². The number of benzene rings is 1. The van der Waals surface area contributed by atoms with Crippen molar-refractivity contribution in [3.05, 3.63) is 35.6 Å². The second kappa shape index (κ2) is 6.26. The van der Waals surface area contributed by atoms with Gasteiger partial charge < -0.3 is 5.11 Å². The first kappa shape index (κ1) is 14.2. The fourth-order valence-corrected chi connectivity index (χ4v) is 2.57. The van der Waals surface area contributed by atoms with Crippen molar-refractivity contribution in [2.45, 2.75) is 25.9 Å². The molecule has 0 aromatic heterocycles. The van der Waals surface area contributed by atoms with Crippen LogP contribution in [0.5, 0.6) is 0 Å². The first-order chi connectivity index (χ1) is 9.08. The zero-order valence-corrected chi connectivity index (χ0v) is 11.2. The number of carbonyl (C=O) groups is 1. The molecule has 0 radical (unpaired) electrons. The molecule has 19 heavy (non-hydrogen) atoms. The topological polar surface area (TPSA) is 40.5 Å². The summed E-state index contributed by atoms with van der Waals surface area (Å²) < 4.78 is 13.5. The number of nitrogens with zero attached hydrogens (tertiary/aromatic N) is 1. The lowest BCUT2D eigenvalue weighted by Gasteiger charge is -2.32. The fraction of sp³-hybridized carbons (Fsp3) is 0.533. The van der Waals surface area contributed by atoms with E-state index >= 15 is 0 Å². The molecule has 1 atom stereocenters. The zero-order valence-electron chi connectivity index (χ0n) is 11.2. The Hall–Kier alpha value is -1.26. The van der Waals surface area contributed by atoms with Crippen LogP contribution in [0.2, 0.25) is 0 Å². The lowest BCUT2D eigenvalue weighted by atomic mass is 9.92. The van der Waals surface area contributed by atoms with E-state index in [0.29, 0.717) is 5.92 Å². The van der Waals surface area contributed by atoms with Crippen LogP contribution in [0.3, 0.4) is 0 Å². The molecule has 1 aliphatic heterocycles. The van der Waals surface area contributed by atoms with Gasteiger partial charge in [0.15, 0.2) is 5.78 Å². The molecule has 4 heteroatoms. The maximum Gasteiger partial charge on any atom is 0.179 e. The van der Waals surface area contributed by atoms with Crippen LogP contribution < -0.4 is 0 Å². The van der Waals surface area contributed by atoms with Gasteiger partial charge in [-0.05, 0) is 50.9 Å². The number of carbonyl (C=O) groups excluding carboxylic acids is 1. The fourth-order valence-electron chi connectivity index (χ4n) is 2.57. The first-order valence-electron chi connectivity index (χ1n) is 6.76. The van der Waals surface area contributed by atoms with E-state index in [2.05, 4.69) is 0 Å². The van der Waals surface area contributed by atoms with Gasteiger partial charge in [0.1, 0.15) is 5.82 Å². The maximum absolute atomic E-state index is 13.5. The Morgan fingerprint density at radius 1 is 1.42 bits per heavy atom. The summed E-state index contributed by atoms with van der Waals surface area (Å²) in [7, 11) is 0. The largest absolute Gasteiger partial charge is 0.393 e. The van der Waals surface area contributed by atoms with Crippen LogP contribution in [0.25, 0.3) is 0 Å².